The molecule has 0 radical (unpaired) electrons. The molecule has 1 saturated heterocycles. The van der Waals surface area contributed by atoms with Crippen LogP contribution in [0.2, 0.25) is 0 Å². The Balaban J connectivity index is 1.89. The van der Waals surface area contributed by atoms with Crippen LogP contribution in [0.5, 0.6) is 0 Å². The number of hydrogen-bond donors (Lipinski definition) is 1. The highest BCUT2D eigenvalue weighted by atomic mass is 16.6. The first kappa shape index (κ1) is 22.4. The van der Waals surface area contributed by atoms with Crippen LogP contribution >= 0.6 is 0 Å². The van der Waals surface area contributed by atoms with Gasteiger partial charge in [0.25, 0.3) is 11.2 Å². The number of benzene rings is 1. The zero-order valence-corrected chi connectivity index (χ0v) is 17.5. The van der Waals surface area contributed by atoms with E-state index < -0.39 is 10.9 Å². The van der Waals surface area contributed by atoms with Gasteiger partial charge in [-0.1, -0.05) is 0 Å². The van der Waals surface area contributed by atoms with E-state index in [0.29, 0.717) is 42.4 Å². The van der Waals surface area contributed by atoms with Crippen LogP contribution in [-0.4, -0.2) is 77.8 Å². The predicted molar refractivity (Wildman–Crippen MR) is 113 cm³/mol. The second-order valence-electron chi connectivity index (χ2n) is 7.05. The molecule has 2 heterocycles. The number of aliphatic imine (C=N–C) groups is 1. The number of carbonyl (C=O) groups is 1. The maximum Gasteiger partial charge on any atom is 0.311 e. The summed E-state index contributed by atoms with van der Waals surface area (Å²) in [5.41, 5.74) is 1.12. The third-order valence-electron chi connectivity index (χ3n) is 5.06. The number of nitro benzene ring substituents is 1. The molecule has 1 aromatic carbocycles. The number of morpholine rings is 1. The van der Waals surface area contributed by atoms with Gasteiger partial charge in [0.15, 0.2) is 0 Å². The van der Waals surface area contributed by atoms with Crippen molar-refractivity contribution < 1.29 is 19.2 Å². The van der Waals surface area contributed by atoms with E-state index in [4.69, 9.17) is 9.47 Å². The topological polar surface area (TPSA) is 132 Å². The van der Waals surface area contributed by atoms with Crippen LogP contribution in [0.3, 0.4) is 0 Å². The van der Waals surface area contributed by atoms with Crippen molar-refractivity contribution in [3.8, 4) is 5.69 Å². The van der Waals surface area contributed by atoms with Crippen LogP contribution in [0.1, 0.15) is 18.2 Å². The van der Waals surface area contributed by atoms with Crippen molar-refractivity contribution >= 4 is 17.4 Å². The van der Waals surface area contributed by atoms with Gasteiger partial charge in [-0.05, 0) is 19.1 Å². The van der Waals surface area contributed by atoms with Crippen molar-refractivity contribution in [1.82, 2.24) is 14.7 Å². The molecular formula is C20H25N5O6. The smallest absolute Gasteiger partial charge is 0.311 e. The summed E-state index contributed by atoms with van der Waals surface area (Å²) in [6.07, 6.45) is -0.128. The van der Waals surface area contributed by atoms with Crippen molar-refractivity contribution in [2.45, 2.75) is 13.3 Å². The number of non-ortho nitro benzene ring substituents is 1. The zero-order valence-electron chi connectivity index (χ0n) is 17.5. The van der Waals surface area contributed by atoms with Crippen LogP contribution in [0, 0.1) is 10.1 Å². The van der Waals surface area contributed by atoms with E-state index in [0.717, 1.165) is 19.6 Å². The highest BCUT2D eigenvalue weighted by molar-refractivity contribution is 6.00. The van der Waals surface area contributed by atoms with Crippen LogP contribution in [-0.2, 0) is 20.7 Å². The average molecular weight is 431 g/mol. The molecule has 1 aliphatic rings. The van der Waals surface area contributed by atoms with Crippen molar-refractivity contribution in [1.29, 1.82) is 0 Å². The van der Waals surface area contributed by atoms with Crippen molar-refractivity contribution in [3.63, 3.8) is 0 Å². The normalized spacial score (nSPS) is 15.1. The molecule has 1 aliphatic heterocycles. The van der Waals surface area contributed by atoms with Crippen molar-refractivity contribution in [2.75, 3.05) is 46.5 Å². The summed E-state index contributed by atoms with van der Waals surface area (Å²) < 4.78 is 11.3. The van der Waals surface area contributed by atoms with Crippen LogP contribution in [0.15, 0.2) is 34.1 Å². The van der Waals surface area contributed by atoms with Gasteiger partial charge in [-0.15, -0.1) is 0 Å². The minimum absolute atomic E-state index is 0.0841. The Kier molecular flexibility index (Phi) is 7.32. The van der Waals surface area contributed by atoms with Crippen LogP contribution < -0.4 is 5.56 Å². The first-order chi connectivity index (χ1) is 14.9. The Morgan fingerprint density at radius 1 is 1.29 bits per heavy atom. The van der Waals surface area contributed by atoms with Gasteiger partial charge in [-0.3, -0.25) is 34.7 Å². The van der Waals surface area contributed by atoms with Gasteiger partial charge < -0.3 is 9.47 Å². The SMILES string of the molecule is COC(=O)Cc1[nH]n(-c2ccc([N+](=O)[O-])cc2)c(=O)c1C(C)=NCCN1CCOCC1. The van der Waals surface area contributed by atoms with Gasteiger partial charge in [0, 0.05) is 37.5 Å². The minimum Gasteiger partial charge on any atom is -0.469 e. The van der Waals surface area contributed by atoms with Gasteiger partial charge in [0.2, 0.25) is 0 Å². The van der Waals surface area contributed by atoms with E-state index in [2.05, 4.69) is 15.0 Å². The molecule has 0 amide bonds. The maximum absolute atomic E-state index is 13.1. The number of nitrogens with zero attached hydrogens (tertiary/aromatic N) is 4. The Labute approximate surface area is 178 Å². The number of esters is 1. The number of carbonyl (C=O) groups excluding carboxylic acids is 1. The standard InChI is InChI=1S/C20H25N5O6/c1-14(21-7-8-23-9-11-31-12-10-23)19-17(13-18(26)30-2)22-24(20(19)27)15-3-5-16(6-4-15)25(28)29/h3-6,22H,7-13H2,1-2H3. The van der Waals surface area contributed by atoms with Crippen molar-refractivity contribution in [2.24, 2.45) is 4.99 Å². The fourth-order valence-electron chi connectivity index (χ4n) is 3.37. The first-order valence-corrected chi connectivity index (χ1v) is 9.87. The number of nitro groups is 1. The van der Waals surface area contributed by atoms with Gasteiger partial charge in [0.05, 0.1) is 55.2 Å². The molecule has 0 atom stereocenters. The van der Waals surface area contributed by atoms with E-state index >= 15 is 0 Å². The molecule has 1 fully saturated rings. The van der Waals surface area contributed by atoms with Gasteiger partial charge >= 0.3 is 5.97 Å². The summed E-state index contributed by atoms with van der Waals surface area (Å²) >= 11 is 0. The molecule has 11 nitrogen and oxygen atoms in total. The zero-order chi connectivity index (χ0) is 22.4. The summed E-state index contributed by atoms with van der Waals surface area (Å²) in [4.78, 5) is 42.1. The third kappa shape index (κ3) is 5.44. The molecule has 0 aliphatic carbocycles. The fourth-order valence-corrected chi connectivity index (χ4v) is 3.37. The highest BCUT2D eigenvalue weighted by Crippen LogP contribution is 2.15. The molecule has 1 aromatic heterocycles. The number of ether oxygens (including phenoxy) is 2. The highest BCUT2D eigenvalue weighted by Gasteiger charge is 2.21. The van der Waals surface area contributed by atoms with Crippen LogP contribution in [0.25, 0.3) is 5.69 Å². The molecule has 0 unspecified atom stereocenters. The van der Waals surface area contributed by atoms with E-state index in [1.165, 1.54) is 36.1 Å². The second-order valence-corrected chi connectivity index (χ2v) is 7.05. The molecule has 31 heavy (non-hydrogen) atoms. The van der Waals surface area contributed by atoms with Gasteiger partial charge in [-0.25, -0.2) is 4.68 Å². The van der Waals surface area contributed by atoms with Gasteiger partial charge in [-0.2, -0.15) is 0 Å². The number of rotatable bonds is 8. The van der Waals surface area contributed by atoms with E-state index in [1.807, 2.05) is 0 Å². The van der Waals surface area contributed by atoms with Crippen LogP contribution in [0.4, 0.5) is 5.69 Å². The third-order valence-corrected chi connectivity index (χ3v) is 5.06. The Hall–Kier alpha value is -3.31. The fraction of sp³-hybridized carbons (Fsp3) is 0.450. The largest absolute Gasteiger partial charge is 0.469 e. The summed E-state index contributed by atoms with van der Waals surface area (Å²) in [5, 5.41) is 13.8. The number of methoxy groups -OCH3 is 1. The number of aromatic nitrogens is 2. The number of hydrogen-bond acceptors (Lipinski definition) is 8. The molecule has 2 aromatic rings. The quantitative estimate of drug-likeness (QED) is 0.285. The molecule has 0 saturated carbocycles. The predicted octanol–water partition coefficient (Wildman–Crippen LogP) is 0.930. The maximum atomic E-state index is 13.1. The summed E-state index contributed by atoms with van der Waals surface area (Å²) in [6, 6.07) is 5.55. The average Bonchev–Trinajstić information content (AvgIpc) is 3.10. The lowest BCUT2D eigenvalue weighted by atomic mass is 10.1. The summed E-state index contributed by atoms with van der Waals surface area (Å²) in [5.74, 6) is -0.500. The number of H-pyrrole nitrogens is 1. The summed E-state index contributed by atoms with van der Waals surface area (Å²) in [6.45, 7) is 6.07. The molecule has 0 bridgehead atoms. The number of nitrogens with one attached hydrogen (secondary N) is 1. The monoisotopic (exact) mass is 431 g/mol. The Morgan fingerprint density at radius 3 is 2.58 bits per heavy atom. The van der Waals surface area contributed by atoms with E-state index in [-0.39, 0.29) is 17.7 Å². The molecule has 3 rings (SSSR count). The molecular weight excluding hydrogens is 406 g/mol. The molecule has 166 valence electrons. The lowest BCUT2D eigenvalue weighted by Crippen LogP contribution is -2.37. The lowest BCUT2D eigenvalue weighted by Gasteiger charge is -2.25. The lowest BCUT2D eigenvalue weighted by molar-refractivity contribution is -0.384. The van der Waals surface area contributed by atoms with E-state index in [1.54, 1.807) is 6.92 Å². The second kappa shape index (κ2) is 10.1. The van der Waals surface area contributed by atoms with E-state index in [9.17, 15) is 19.7 Å². The first-order valence-electron chi connectivity index (χ1n) is 9.87. The Morgan fingerprint density at radius 2 is 1.97 bits per heavy atom. The molecule has 0 spiro atoms. The van der Waals surface area contributed by atoms with Crippen molar-refractivity contribution in [3.05, 3.63) is 56.0 Å². The Bertz CT molecular complexity index is 1020. The summed E-state index contributed by atoms with van der Waals surface area (Å²) in [7, 11) is 1.27. The molecule has 1 N–H and O–H groups in total. The minimum atomic E-state index is -0.513. The number of aromatic amines is 1. The molecule has 11 heteroatoms. The van der Waals surface area contributed by atoms with Gasteiger partial charge in [0.1, 0.15) is 0 Å².